The Morgan fingerprint density at radius 1 is 1.14 bits per heavy atom. The number of imidazole rings is 1. The summed E-state index contributed by atoms with van der Waals surface area (Å²) >= 11 is 0. The van der Waals surface area contributed by atoms with Gasteiger partial charge in [-0.05, 0) is 17.7 Å². The predicted molar refractivity (Wildman–Crippen MR) is 98.7 cm³/mol. The number of rotatable bonds is 6. The Bertz CT molecular complexity index is 947. The summed E-state index contributed by atoms with van der Waals surface area (Å²) in [5.74, 6) is 1.32. The minimum absolute atomic E-state index is 0.398. The molecule has 4 N–H and O–H groups in total. The minimum Gasteiger partial charge on any atom is -0.497 e. The van der Waals surface area contributed by atoms with Crippen molar-refractivity contribution in [3.63, 3.8) is 0 Å². The highest BCUT2D eigenvalue weighted by Crippen LogP contribution is 2.32. The number of ether oxygens (including phenoxy) is 2. The fraction of sp³-hybridized carbons (Fsp3) is 0.389. The lowest BCUT2D eigenvalue weighted by molar-refractivity contribution is -0.0511. The summed E-state index contributed by atoms with van der Waals surface area (Å²) in [4.78, 5) is 12.8. The molecule has 3 aromatic rings. The maximum absolute atomic E-state index is 10.3. The van der Waals surface area contributed by atoms with Gasteiger partial charge in [-0.25, -0.2) is 15.0 Å². The largest absolute Gasteiger partial charge is 0.497 e. The third-order valence-corrected chi connectivity index (χ3v) is 4.77. The molecular formula is C18H21N5O5. The number of aromatic nitrogens is 4. The first-order chi connectivity index (χ1) is 13.6. The van der Waals surface area contributed by atoms with E-state index in [0.29, 0.717) is 23.5 Å². The van der Waals surface area contributed by atoms with E-state index in [0.717, 1.165) is 11.3 Å². The van der Waals surface area contributed by atoms with E-state index >= 15 is 0 Å². The van der Waals surface area contributed by atoms with E-state index < -0.39 is 31.1 Å². The van der Waals surface area contributed by atoms with Gasteiger partial charge < -0.3 is 30.1 Å². The van der Waals surface area contributed by atoms with Crippen LogP contribution in [0.1, 0.15) is 11.8 Å². The number of aliphatic hydroxyl groups is 3. The first-order valence-electron chi connectivity index (χ1n) is 8.79. The highest BCUT2D eigenvalue weighted by Gasteiger charge is 2.44. The highest BCUT2D eigenvalue weighted by molar-refractivity contribution is 5.82. The Balaban J connectivity index is 1.56. The van der Waals surface area contributed by atoms with Gasteiger partial charge in [-0.1, -0.05) is 12.1 Å². The average Bonchev–Trinajstić information content (AvgIpc) is 3.28. The van der Waals surface area contributed by atoms with Gasteiger partial charge in [0, 0.05) is 6.54 Å². The molecule has 0 spiro atoms. The maximum Gasteiger partial charge on any atom is 0.167 e. The van der Waals surface area contributed by atoms with E-state index in [2.05, 4.69) is 20.3 Å². The SMILES string of the molecule is COc1ccc(CNc2ncnc3c2ncn3[C@@H]2O[C@H](CO)[C@@H](O)[C@H]2O)cc1. The van der Waals surface area contributed by atoms with Gasteiger partial charge >= 0.3 is 0 Å². The minimum atomic E-state index is -1.21. The second-order valence-electron chi connectivity index (χ2n) is 6.48. The lowest BCUT2D eigenvalue weighted by Crippen LogP contribution is -2.33. The zero-order valence-electron chi connectivity index (χ0n) is 15.1. The van der Waals surface area contributed by atoms with Gasteiger partial charge in [0.2, 0.25) is 0 Å². The highest BCUT2D eigenvalue weighted by atomic mass is 16.6. The van der Waals surface area contributed by atoms with Crippen molar-refractivity contribution in [2.45, 2.75) is 31.1 Å². The molecule has 10 heteroatoms. The van der Waals surface area contributed by atoms with E-state index in [4.69, 9.17) is 9.47 Å². The van der Waals surface area contributed by atoms with Crippen molar-refractivity contribution >= 4 is 17.0 Å². The summed E-state index contributed by atoms with van der Waals surface area (Å²) in [6.45, 7) is 0.127. The zero-order valence-corrected chi connectivity index (χ0v) is 15.1. The molecule has 1 aliphatic rings. The Kier molecular flexibility index (Phi) is 5.09. The van der Waals surface area contributed by atoms with Crippen LogP contribution < -0.4 is 10.1 Å². The standard InChI is InChI=1S/C18H21N5O5/c1-27-11-4-2-10(3-5-11)6-19-16-13-17(21-8-20-16)23(9-22-13)18-15(26)14(25)12(7-24)28-18/h2-5,8-9,12,14-15,18,24-26H,6-7H2,1H3,(H,19,20,21)/t12-,14-,15-,18-/m1/s1. The van der Waals surface area contributed by atoms with Crippen LogP contribution in [-0.4, -0.2) is 66.9 Å². The van der Waals surface area contributed by atoms with Crippen molar-refractivity contribution in [3.05, 3.63) is 42.5 Å². The van der Waals surface area contributed by atoms with E-state index in [1.807, 2.05) is 24.3 Å². The Morgan fingerprint density at radius 2 is 1.93 bits per heavy atom. The third kappa shape index (κ3) is 3.27. The first-order valence-corrected chi connectivity index (χ1v) is 8.79. The molecule has 0 unspecified atom stereocenters. The van der Waals surface area contributed by atoms with Crippen molar-refractivity contribution in [2.75, 3.05) is 19.0 Å². The monoisotopic (exact) mass is 387 g/mol. The van der Waals surface area contributed by atoms with Crippen molar-refractivity contribution < 1.29 is 24.8 Å². The fourth-order valence-electron chi connectivity index (χ4n) is 3.21. The molecular weight excluding hydrogens is 366 g/mol. The van der Waals surface area contributed by atoms with Crippen LogP contribution in [0.25, 0.3) is 11.2 Å². The normalized spacial score (nSPS) is 24.6. The van der Waals surface area contributed by atoms with Crippen molar-refractivity contribution in [1.82, 2.24) is 19.5 Å². The van der Waals surface area contributed by atoms with Crippen LogP contribution in [0.3, 0.4) is 0 Å². The van der Waals surface area contributed by atoms with Crippen molar-refractivity contribution in [2.24, 2.45) is 0 Å². The summed E-state index contributed by atoms with van der Waals surface area (Å²) in [5.41, 5.74) is 1.99. The fourth-order valence-corrected chi connectivity index (χ4v) is 3.21. The zero-order chi connectivity index (χ0) is 19.7. The van der Waals surface area contributed by atoms with Crippen molar-refractivity contribution in [3.8, 4) is 5.75 Å². The van der Waals surface area contributed by atoms with Crippen LogP contribution in [0.2, 0.25) is 0 Å². The number of aliphatic hydroxyl groups excluding tert-OH is 3. The molecule has 1 fully saturated rings. The van der Waals surface area contributed by atoms with Crippen LogP contribution in [-0.2, 0) is 11.3 Å². The Labute approximate surface area is 160 Å². The summed E-state index contributed by atoms with van der Waals surface area (Å²) in [5, 5.41) is 32.7. The van der Waals surface area contributed by atoms with Gasteiger partial charge in [-0.2, -0.15) is 0 Å². The molecule has 4 atom stereocenters. The Hall–Kier alpha value is -2.79. The summed E-state index contributed by atoms with van der Waals surface area (Å²) < 4.78 is 12.2. The Morgan fingerprint density at radius 3 is 2.61 bits per heavy atom. The number of benzene rings is 1. The molecule has 4 rings (SSSR count). The quantitative estimate of drug-likeness (QED) is 0.463. The molecule has 1 aliphatic heterocycles. The third-order valence-electron chi connectivity index (χ3n) is 4.77. The lowest BCUT2D eigenvalue weighted by atomic mass is 10.1. The number of nitrogens with one attached hydrogen (secondary N) is 1. The molecule has 1 aromatic carbocycles. The molecule has 0 amide bonds. The number of anilines is 1. The number of hydrogen-bond donors (Lipinski definition) is 4. The molecule has 0 bridgehead atoms. The van der Waals surface area contributed by atoms with E-state index in [1.54, 1.807) is 7.11 Å². The van der Waals surface area contributed by atoms with Gasteiger partial charge in [0.15, 0.2) is 23.2 Å². The van der Waals surface area contributed by atoms with Gasteiger partial charge in [-0.3, -0.25) is 4.57 Å². The number of hydrogen-bond acceptors (Lipinski definition) is 9. The second-order valence-corrected chi connectivity index (χ2v) is 6.48. The molecule has 148 valence electrons. The van der Waals surface area contributed by atoms with Crippen LogP contribution in [0.15, 0.2) is 36.9 Å². The molecule has 28 heavy (non-hydrogen) atoms. The summed E-state index contributed by atoms with van der Waals surface area (Å²) in [7, 11) is 1.62. The molecule has 2 aromatic heterocycles. The average molecular weight is 387 g/mol. The molecule has 0 saturated carbocycles. The van der Waals surface area contributed by atoms with Crippen LogP contribution in [0.4, 0.5) is 5.82 Å². The summed E-state index contributed by atoms with van der Waals surface area (Å²) in [6.07, 6.45) is -1.31. The second kappa shape index (κ2) is 7.68. The molecule has 0 radical (unpaired) electrons. The molecule has 0 aliphatic carbocycles. The van der Waals surface area contributed by atoms with Gasteiger partial charge in [0.05, 0.1) is 20.0 Å². The topological polar surface area (TPSA) is 135 Å². The predicted octanol–water partition coefficient (Wildman–Crippen LogP) is 0.0585. The van der Waals surface area contributed by atoms with Gasteiger partial charge in [0.25, 0.3) is 0 Å². The number of methoxy groups -OCH3 is 1. The first kappa shape index (κ1) is 18.6. The van der Waals surface area contributed by atoms with Crippen LogP contribution >= 0.6 is 0 Å². The lowest BCUT2D eigenvalue weighted by Gasteiger charge is -2.16. The maximum atomic E-state index is 10.3. The van der Waals surface area contributed by atoms with Crippen LogP contribution in [0.5, 0.6) is 5.75 Å². The molecule has 1 saturated heterocycles. The molecule has 3 heterocycles. The van der Waals surface area contributed by atoms with Gasteiger partial charge in [-0.15, -0.1) is 0 Å². The van der Waals surface area contributed by atoms with Gasteiger partial charge in [0.1, 0.15) is 30.4 Å². The van der Waals surface area contributed by atoms with E-state index in [9.17, 15) is 15.3 Å². The molecule has 10 nitrogen and oxygen atoms in total. The number of nitrogens with zero attached hydrogens (tertiary/aromatic N) is 4. The van der Waals surface area contributed by atoms with Crippen molar-refractivity contribution in [1.29, 1.82) is 0 Å². The smallest absolute Gasteiger partial charge is 0.167 e. The summed E-state index contributed by atoms with van der Waals surface area (Å²) in [6, 6.07) is 7.65. The van der Waals surface area contributed by atoms with Crippen LogP contribution in [0, 0.1) is 0 Å². The number of fused-ring (bicyclic) bond motifs is 1. The van der Waals surface area contributed by atoms with E-state index in [-0.39, 0.29) is 0 Å². The van der Waals surface area contributed by atoms with E-state index in [1.165, 1.54) is 17.2 Å².